The predicted octanol–water partition coefficient (Wildman–Crippen LogP) is 4.26. The first-order chi connectivity index (χ1) is 14.6. The van der Waals surface area contributed by atoms with Crippen LogP contribution in [0.25, 0.3) is 11.0 Å². The number of hydrogen-bond donors (Lipinski definition) is 0. The van der Waals surface area contributed by atoms with E-state index in [2.05, 4.69) is 11.5 Å². The Kier molecular flexibility index (Phi) is 5.57. The molecule has 1 aliphatic rings. The molecule has 0 saturated heterocycles. The third-order valence-electron chi connectivity index (χ3n) is 5.73. The van der Waals surface area contributed by atoms with Crippen LogP contribution in [0.3, 0.4) is 0 Å². The minimum atomic E-state index is -0.951. The molecule has 6 nitrogen and oxygen atoms in total. The van der Waals surface area contributed by atoms with Crippen LogP contribution in [-0.2, 0) is 14.3 Å². The number of aromatic nitrogens is 2. The van der Waals surface area contributed by atoms with Gasteiger partial charge in [-0.05, 0) is 43.5 Å². The van der Waals surface area contributed by atoms with Gasteiger partial charge in [0.15, 0.2) is 5.92 Å². The molecule has 6 heteroatoms. The molecule has 0 saturated carbocycles. The van der Waals surface area contributed by atoms with Gasteiger partial charge in [-0.15, -0.1) is 0 Å². The largest absolute Gasteiger partial charge is 0.465 e. The summed E-state index contributed by atoms with van der Waals surface area (Å²) in [5.74, 6) is -1.07. The number of rotatable bonds is 6. The summed E-state index contributed by atoms with van der Waals surface area (Å²) in [6, 6.07) is 15.2. The molecule has 0 fully saturated rings. The zero-order valence-corrected chi connectivity index (χ0v) is 17.7. The highest BCUT2D eigenvalue weighted by atomic mass is 16.5. The number of imidazole rings is 1. The van der Waals surface area contributed by atoms with Gasteiger partial charge in [0.05, 0.1) is 23.7 Å². The highest BCUT2D eigenvalue weighted by Crippen LogP contribution is 2.42. The Morgan fingerprint density at radius 2 is 1.83 bits per heavy atom. The van der Waals surface area contributed by atoms with Gasteiger partial charge in [-0.3, -0.25) is 14.5 Å². The molecule has 3 aromatic rings. The third-order valence-corrected chi connectivity index (χ3v) is 5.73. The van der Waals surface area contributed by atoms with Gasteiger partial charge in [0.1, 0.15) is 0 Å². The summed E-state index contributed by atoms with van der Waals surface area (Å²) in [5, 5.41) is 0. The molecule has 1 aromatic heterocycles. The van der Waals surface area contributed by atoms with Crippen LogP contribution in [0.4, 0.5) is 5.95 Å². The summed E-state index contributed by atoms with van der Waals surface area (Å²) in [5.41, 5.74) is 3.67. The topological polar surface area (TPSA) is 64.4 Å². The van der Waals surface area contributed by atoms with Gasteiger partial charge in [0.25, 0.3) is 0 Å². The lowest BCUT2D eigenvalue weighted by Gasteiger charge is -2.38. The number of benzene rings is 2. The summed E-state index contributed by atoms with van der Waals surface area (Å²) in [7, 11) is 0. The van der Waals surface area contributed by atoms with Gasteiger partial charge in [0.2, 0.25) is 11.9 Å². The zero-order chi connectivity index (χ0) is 21.3. The second-order valence-electron chi connectivity index (χ2n) is 7.65. The van der Waals surface area contributed by atoms with E-state index in [0.717, 1.165) is 35.0 Å². The van der Waals surface area contributed by atoms with Crippen LogP contribution in [0.1, 0.15) is 43.9 Å². The lowest BCUT2D eigenvalue weighted by atomic mass is 9.87. The molecule has 2 heterocycles. The Bertz CT molecular complexity index is 1090. The average Bonchev–Trinajstić information content (AvgIpc) is 3.12. The van der Waals surface area contributed by atoms with E-state index in [1.807, 2.05) is 55.5 Å². The number of nitrogens with zero attached hydrogens (tertiary/aromatic N) is 3. The minimum absolute atomic E-state index is 0.232. The van der Waals surface area contributed by atoms with Gasteiger partial charge < -0.3 is 9.30 Å². The van der Waals surface area contributed by atoms with Crippen LogP contribution in [0, 0.1) is 12.8 Å². The monoisotopic (exact) mass is 405 g/mol. The highest BCUT2D eigenvalue weighted by Gasteiger charge is 2.47. The predicted molar refractivity (Wildman–Crippen MR) is 116 cm³/mol. The molecule has 0 radical (unpaired) electrons. The van der Waals surface area contributed by atoms with E-state index in [0.29, 0.717) is 12.5 Å². The van der Waals surface area contributed by atoms with Crippen molar-refractivity contribution in [1.29, 1.82) is 0 Å². The molecule has 1 aliphatic heterocycles. The Labute approximate surface area is 176 Å². The number of para-hydroxylation sites is 2. The second kappa shape index (κ2) is 8.30. The van der Waals surface area contributed by atoms with Crippen LogP contribution in [0.15, 0.2) is 48.5 Å². The van der Waals surface area contributed by atoms with E-state index in [-0.39, 0.29) is 12.5 Å². The summed E-state index contributed by atoms with van der Waals surface area (Å²) in [6.45, 7) is 6.60. The molecule has 4 rings (SSSR count). The van der Waals surface area contributed by atoms with Crippen molar-refractivity contribution < 1.29 is 14.3 Å². The standard InChI is InChI=1S/C24H27N3O3/c1-4-6-15-26-22(28)20(23(29)30-5-2)21(17-12-8-7-11-16(17)3)27-19-14-10-9-13-18(19)25-24(26)27/h7-14,20-21H,4-6,15H2,1-3H3/t20-,21-/m0/s1. The number of amides is 1. The minimum Gasteiger partial charge on any atom is -0.465 e. The number of anilines is 1. The molecule has 156 valence electrons. The normalized spacial score (nSPS) is 18.5. The SMILES string of the molecule is CCCCN1C(=O)[C@@H](C(=O)OCC)[C@H](c2ccccc2C)n2c1nc1ccccc12. The lowest BCUT2D eigenvalue weighted by Crippen LogP contribution is -2.50. The molecule has 2 aromatic carbocycles. The number of esters is 1. The number of aryl methyl sites for hydroxylation is 1. The van der Waals surface area contributed by atoms with Crippen molar-refractivity contribution >= 4 is 28.9 Å². The number of hydrogen-bond acceptors (Lipinski definition) is 4. The number of fused-ring (bicyclic) bond motifs is 3. The fourth-order valence-corrected chi connectivity index (χ4v) is 4.27. The zero-order valence-electron chi connectivity index (χ0n) is 17.7. The molecular weight excluding hydrogens is 378 g/mol. The van der Waals surface area contributed by atoms with E-state index in [9.17, 15) is 9.59 Å². The van der Waals surface area contributed by atoms with Crippen molar-refractivity contribution in [2.75, 3.05) is 18.1 Å². The Balaban J connectivity index is 2.00. The quantitative estimate of drug-likeness (QED) is 0.454. The van der Waals surface area contributed by atoms with Gasteiger partial charge in [-0.1, -0.05) is 49.7 Å². The number of ether oxygens (including phenoxy) is 1. The average molecular weight is 405 g/mol. The molecular formula is C24H27N3O3. The van der Waals surface area contributed by atoms with Gasteiger partial charge in [0, 0.05) is 6.54 Å². The molecule has 0 unspecified atom stereocenters. The molecule has 0 aliphatic carbocycles. The first kappa shape index (κ1) is 20.1. The lowest BCUT2D eigenvalue weighted by molar-refractivity contribution is -0.153. The van der Waals surface area contributed by atoms with Crippen LogP contribution in [-0.4, -0.2) is 34.6 Å². The summed E-state index contributed by atoms with van der Waals surface area (Å²) in [4.78, 5) is 33.2. The van der Waals surface area contributed by atoms with Crippen molar-refractivity contribution in [2.24, 2.45) is 5.92 Å². The molecule has 30 heavy (non-hydrogen) atoms. The first-order valence-electron chi connectivity index (χ1n) is 10.6. The van der Waals surface area contributed by atoms with Crippen LogP contribution < -0.4 is 4.90 Å². The van der Waals surface area contributed by atoms with Gasteiger partial charge in [-0.25, -0.2) is 4.98 Å². The molecule has 2 atom stereocenters. The molecule has 1 amide bonds. The number of carbonyl (C=O) groups excluding carboxylic acids is 2. The summed E-state index contributed by atoms with van der Waals surface area (Å²) < 4.78 is 7.43. The summed E-state index contributed by atoms with van der Waals surface area (Å²) in [6.07, 6.45) is 1.77. The van der Waals surface area contributed by atoms with Crippen molar-refractivity contribution in [1.82, 2.24) is 9.55 Å². The van der Waals surface area contributed by atoms with Crippen molar-refractivity contribution in [3.05, 3.63) is 59.7 Å². The van der Waals surface area contributed by atoms with Crippen LogP contribution in [0.2, 0.25) is 0 Å². The van der Waals surface area contributed by atoms with E-state index in [1.165, 1.54) is 0 Å². The first-order valence-corrected chi connectivity index (χ1v) is 10.6. The van der Waals surface area contributed by atoms with Crippen LogP contribution in [0.5, 0.6) is 0 Å². The van der Waals surface area contributed by atoms with E-state index >= 15 is 0 Å². The maximum Gasteiger partial charge on any atom is 0.321 e. The smallest absolute Gasteiger partial charge is 0.321 e. The molecule has 0 N–H and O–H groups in total. The summed E-state index contributed by atoms with van der Waals surface area (Å²) >= 11 is 0. The van der Waals surface area contributed by atoms with E-state index < -0.39 is 17.9 Å². The maximum atomic E-state index is 13.7. The second-order valence-corrected chi connectivity index (χ2v) is 7.65. The van der Waals surface area contributed by atoms with Gasteiger partial charge >= 0.3 is 5.97 Å². The van der Waals surface area contributed by atoms with Gasteiger partial charge in [-0.2, -0.15) is 0 Å². The fourth-order valence-electron chi connectivity index (χ4n) is 4.27. The number of carbonyl (C=O) groups is 2. The van der Waals surface area contributed by atoms with Crippen molar-refractivity contribution in [3.63, 3.8) is 0 Å². The third kappa shape index (κ3) is 3.26. The fraction of sp³-hybridized carbons (Fsp3) is 0.375. The molecule has 0 spiro atoms. The maximum absolute atomic E-state index is 13.7. The Morgan fingerprint density at radius 1 is 1.10 bits per heavy atom. The van der Waals surface area contributed by atoms with E-state index in [1.54, 1.807) is 11.8 Å². The Hall–Kier alpha value is -3.15. The highest BCUT2D eigenvalue weighted by molar-refractivity contribution is 6.08. The molecule has 0 bridgehead atoms. The Morgan fingerprint density at radius 3 is 2.57 bits per heavy atom. The van der Waals surface area contributed by atoms with Crippen LogP contribution >= 0.6 is 0 Å². The van der Waals surface area contributed by atoms with Crippen molar-refractivity contribution in [2.45, 2.75) is 39.7 Å². The van der Waals surface area contributed by atoms with E-state index in [4.69, 9.17) is 9.72 Å². The van der Waals surface area contributed by atoms with Crippen molar-refractivity contribution in [3.8, 4) is 0 Å². The number of unbranched alkanes of at least 4 members (excludes halogenated alkanes) is 1.